The Morgan fingerprint density at radius 3 is 2.75 bits per heavy atom. The second-order valence-corrected chi connectivity index (χ2v) is 4.86. The van der Waals surface area contributed by atoms with Crippen molar-refractivity contribution in [3.05, 3.63) is 23.5 Å². The lowest BCUT2D eigenvalue weighted by molar-refractivity contribution is 0.507. The molecule has 88 valence electrons. The maximum absolute atomic E-state index is 13.4. The Bertz CT molecular complexity index is 388. The van der Waals surface area contributed by atoms with Gasteiger partial charge < -0.3 is 10.6 Å². The summed E-state index contributed by atoms with van der Waals surface area (Å²) < 4.78 is 13.4. The van der Waals surface area contributed by atoms with E-state index in [2.05, 4.69) is 24.5 Å². The van der Waals surface area contributed by atoms with Crippen molar-refractivity contribution in [2.24, 2.45) is 5.92 Å². The first-order valence-electron chi connectivity index (χ1n) is 5.88. The summed E-state index contributed by atoms with van der Waals surface area (Å²) in [5.41, 5.74) is 2.60. The number of nitrogens with one attached hydrogen (secondary N) is 2. The molecular weight excluding hydrogens is 203 g/mol. The monoisotopic (exact) mass is 222 g/mol. The van der Waals surface area contributed by atoms with Crippen molar-refractivity contribution >= 4 is 11.4 Å². The number of rotatable bonds is 1. The summed E-state index contributed by atoms with van der Waals surface area (Å²) in [6, 6.07) is 3.93. The van der Waals surface area contributed by atoms with Crippen LogP contribution in [0.4, 0.5) is 15.8 Å². The highest BCUT2D eigenvalue weighted by Gasteiger charge is 2.19. The quantitative estimate of drug-likeness (QED) is 0.761. The molecule has 0 amide bonds. The van der Waals surface area contributed by atoms with Gasteiger partial charge in [0.25, 0.3) is 0 Å². The molecule has 0 fully saturated rings. The van der Waals surface area contributed by atoms with Gasteiger partial charge >= 0.3 is 0 Å². The molecule has 1 heterocycles. The zero-order valence-corrected chi connectivity index (χ0v) is 10.1. The lowest BCUT2D eigenvalue weighted by Crippen LogP contribution is -2.25. The van der Waals surface area contributed by atoms with Crippen LogP contribution in [0.5, 0.6) is 0 Å². The molecule has 0 aliphatic carbocycles. The van der Waals surface area contributed by atoms with E-state index >= 15 is 0 Å². The van der Waals surface area contributed by atoms with Crippen LogP contribution in [0.2, 0.25) is 0 Å². The van der Waals surface area contributed by atoms with Crippen molar-refractivity contribution in [1.29, 1.82) is 0 Å². The Kier molecular flexibility index (Phi) is 3.03. The largest absolute Gasteiger partial charge is 0.383 e. The minimum absolute atomic E-state index is 0.143. The fourth-order valence-corrected chi connectivity index (χ4v) is 2.08. The van der Waals surface area contributed by atoms with Crippen LogP contribution in [0.15, 0.2) is 12.1 Å². The van der Waals surface area contributed by atoms with Crippen molar-refractivity contribution in [1.82, 2.24) is 0 Å². The van der Waals surface area contributed by atoms with Crippen molar-refractivity contribution in [2.45, 2.75) is 33.2 Å². The van der Waals surface area contributed by atoms with Crippen LogP contribution in [0.1, 0.15) is 25.8 Å². The molecule has 0 bridgehead atoms. The zero-order chi connectivity index (χ0) is 11.7. The van der Waals surface area contributed by atoms with Gasteiger partial charge in [-0.15, -0.1) is 0 Å². The molecule has 16 heavy (non-hydrogen) atoms. The fourth-order valence-electron chi connectivity index (χ4n) is 2.08. The van der Waals surface area contributed by atoms with Gasteiger partial charge in [-0.3, -0.25) is 0 Å². The molecule has 0 saturated carbocycles. The van der Waals surface area contributed by atoms with Crippen LogP contribution in [0.25, 0.3) is 0 Å². The van der Waals surface area contributed by atoms with E-state index in [0.29, 0.717) is 17.5 Å². The van der Waals surface area contributed by atoms with Crippen molar-refractivity contribution in [3.8, 4) is 0 Å². The van der Waals surface area contributed by atoms with Crippen LogP contribution < -0.4 is 10.6 Å². The highest BCUT2D eigenvalue weighted by atomic mass is 19.1. The fraction of sp³-hybridized carbons (Fsp3) is 0.538. The van der Waals surface area contributed by atoms with E-state index in [1.807, 2.05) is 6.07 Å². The molecule has 1 aliphatic heterocycles. The number of hydrogen-bond acceptors (Lipinski definition) is 2. The molecule has 3 heteroatoms. The van der Waals surface area contributed by atoms with Gasteiger partial charge in [-0.1, -0.05) is 13.8 Å². The lowest BCUT2D eigenvalue weighted by atomic mass is 10.0. The van der Waals surface area contributed by atoms with Gasteiger partial charge in [0.05, 0.1) is 11.4 Å². The van der Waals surface area contributed by atoms with E-state index in [1.165, 1.54) is 0 Å². The van der Waals surface area contributed by atoms with Crippen molar-refractivity contribution in [3.63, 3.8) is 0 Å². The van der Waals surface area contributed by atoms with E-state index in [-0.39, 0.29) is 5.82 Å². The number of anilines is 2. The Balaban J connectivity index is 2.33. The van der Waals surface area contributed by atoms with E-state index < -0.39 is 0 Å². The summed E-state index contributed by atoms with van der Waals surface area (Å²) in [5, 5.41) is 6.77. The highest BCUT2D eigenvalue weighted by Crippen LogP contribution is 2.29. The predicted molar refractivity (Wildman–Crippen MR) is 66.5 cm³/mol. The summed E-state index contributed by atoms with van der Waals surface area (Å²) >= 11 is 0. The molecule has 0 saturated heterocycles. The van der Waals surface area contributed by atoms with E-state index in [4.69, 9.17) is 0 Å². The Hall–Kier alpha value is -1.25. The van der Waals surface area contributed by atoms with Gasteiger partial charge in [0.2, 0.25) is 0 Å². The van der Waals surface area contributed by atoms with E-state index in [0.717, 1.165) is 24.3 Å². The summed E-state index contributed by atoms with van der Waals surface area (Å²) in [6.07, 6.45) is 1.06. The highest BCUT2D eigenvalue weighted by molar-refractivity contribution is 5.71. The maximum Gasteiger partial charge on any atom is 0.128 e. The smallest absolute Gasteiger partial charge is 0.128 e. The third kappa shape index (κ3) is 2.13. The topological polar surface area (TPSA) is 24.1 Å². The summed E-state index contributed by atoms with van der Waals surface area (Å²) in [6.45, 7) is 7.11. The summed E-state index contributed by atoms with van der Waals surface area (Å²) in [7, 11) is 0. The molecule has 0 aromatic heterocycles. The number of hydrogen-bond donors (Lipinski definition) is 2. The average molecular weight is 222 g/mol. The third-order valence-corrected chi connectivity index (χ3v) is 3.22. The van der Waals surface area contributed by atoms with E-state index in [9.17, 15) is 4.39 Å². The molecule has 1 aliphatic rings. The molecule has 2 rings (SSSR count). The van der Waals surface area contributed by atoms with Gasteiger partial charge in [0, 0.05) is 12.6 Å². The average Bonchev–Trinajstić information content (AvgIpc) is 2.41. The first-order valence-corrected chi connectivity index (χ1v) is 5.88. The van der Waals surface area contributed by atoms with Crippen LogP contribution in [0.3, 0.4) is 0 Å². The van der Waals surface area contributed by atoms with Gasteiger partial charge in [-0.25, -0.2) is 4.39 Å². The lowest BCUT2D eigenvalue weighted by Gasteiger charge is -2.21. The molecule has 1 aromatic carbocycles. The van der Waals surface area contributed by atoms with Gasteiger partial charge in [0.15, 0.2) is 0 Å². The van der Waals surface area contributed by atoms with Gasteiger partial charge in [-0.2, -0.15) is 0 Å². The standard InChI is InChI=1S/C13H19FN2/c1-8(2)11-4-5-15-12-7-10(14)9(3)6-13(12)16-11/h6-8,11,15-16H,4-5H2,1-3H3. The molecule has 1 aromatic rings. The SMILES string of the molecule is Cc1cc2c(cc1F)NCCC(C(C)C)N2. The number of fused-ring (bicyclic) bond motifs is 1. The first-order chi connectivity index (χ1) is 7.58. The van der Waals surface area contributed by atoms with Crippen LogP contribution in [-0.2, 0) is 0 Å². The number of benzene rings is 1. The molecular formula is C13H19FN2. The molecule has 1 unspecified atom stereocenters. The summed E-state index contributed by atoms with van der Waals surface area (Å²) in [4.78, 5) is 0. The van der Waals surface area contributed by atoms with Crippen LogP contribution in [0, 0.1) is 18.7 Å². The molecule has 0 spiro atoms. The number of halogens is 1. The Morgan fingerprint density at radius 2 is 2.06 bits per heavy atom. The zero-order valence-electron chi connectivity index (χ0n) is 10.1. The molecule has 2 nitrogen and oxygen atoms in total. The predicted octanol–water partition coefficient (Wildman–Crippen LogP) is 3.39. The normalized spacial score (nSPS) is 19.7. The minimum Gasteiger partial charge on any atom is -0.383 e. The molecule has 1 atom stereocenters. The van der Waals surface area contributed by atoms with Crippen molar-refractivity contribution in [2.75, 3.05) is 17.2 Å². The van der Waals surface area contributed by atoms with E-state index in [1.54, 1.807) is 13.0 Å². The van der Waals surface area contributed by atoms with Gasteiger partial charge in [-0.05, 0) is 37.0 Å². The second kappa shape index (κ2) is 4.32. The first kappa shape index (κ1) is 11.2. The summed E-state index contributed by atoms with van der Waals surface area (Å²) in [5.74, 6) is 0.439. The van der Waals surface area contributed by atoms with Crippen LogP contribution >= 0.6 is 0 Å². The second-order valence-electron chi connectivity index (χ2n) is 4.86. The molecule has 2 N–H and O–H groups in total. The van der Waals surface area contributed by atoms with Gasteiger partial charge in [0.1, 0.15) is 5.82 Å². The van der Waals surface area contributed by atoms with Crippen LogP contribution in [-0.4, -0.2) is 12.6 Å². The van der Waals surface area contributed by atoms with Crippen molar-refractivity contribution < 1.29 is 4.39 Å². The maximum atomic E-state index is 13.4. The molecule has 0 radical (unpaired) electrons. The third-order valence-electron chi connectivity index (χ3n) is 3.22. The number of aryl methyl sites for hydroxylation is 1. The Labute approximate surface area is 96.2 Å². The minimum atomic E-state index is -0.143. The Morgan fingerprint density at radius 1 is 1.31 bits per heavy atom.